The third kappa shape index (κ3) is 5.75. The fourth-order valence-electron chi connectivity index (χ4n) is 1.45. The molecule has 16 heavy (non-hydrogen) atoms. The van der Waals surface area contributed by atoms with E-state index in [0.717, 1.165) is 19.3 Å². The van der Waals surface area contributed by atoms with Gasteiger partial charge in [-0.3, -0.25) is 4.79 Å². The van der Waals surface area contributed by atoms with E-state index in [2.05, 4.69) is 12.2 Å². The molecule has 0 aliphatic heterocycles. The van der Waals surface area contributed by atoms with Crippen LogP contribution < -0.4 is 5.32 Å². The Balaban J connectivity index is 3.92. The number of nitrogens with one attached hydrogen (secondary N) is 1. The number of thioether (sulfide) groups is 1. The summed E-state index contributed by atoms with van der Waals surface area (Å²) in [5.74, 6) is 2.21. The lowest BCUT2D eigenvalue weighted by atomic mass is 9.95. The number of hydrogen-bond acceptors (Lipinski definition) is 4. The van der Waals surface area contributed by atoms with Gasteiger partial charge in [0.1, 0.15) is 5.54 Å². The van der Waals surface area contributed by atoms with Crippen LogP contribution in [0.5, 0.6) is 0 Å². The maximum absolute atomic E-state index is 11.7. The van der Waals surface area contributed by atoms with Gasteiger partial charge in [0.25, 0.3) is 0 Å². The number of carbonyl (C=O) groups excluding carboxylic acids is 1. The first kappa shape index (κ1) is 15.8. The lowest BCUT2D eigenvalue weighted by Gasteiger charge is -2.26. The van der Waals surface area contributed by atoms with Crippen LogP contribution in [0.25, 0.3) is 0 Å². The van der Waals surface area contributed by atoms with Crippen LogP contribution in [0.3, 0.4) is 0 Å². The van der Waals surface area contributed by atoms with E-state index in [-0.39, 0.29) is 5.97 Å². The first-order chi connectivity index (χ1) is 7.60. The molecule has 0 aromatic heterocycles. The summed E-state index contributed by atoms with van der Waals surface area (Å²) in [5.41, 5.74) is -0.521. The largest absolute Gasteiger partial charge is 0.465 e. The molecule has 0 spiro atoms. The second-order valence-corrected chi connectivity index (χ2v) is 5.35. The zero-order valence-electron chi connectivity index (χ0n) is 11.0. The summed E-state index contributed by atoms with van der Waals surface area (Å²) >= 11 is 1.95. The molecule has 0 aliphatic rings. The molecular weight excluding hydrogens is 222 g/mol. The lowest BCUT2D eigenvalue weighted by Crippen LogP contribution is -2.48. The highest BCUT2D eigenvalue weighted by atomic mass is 32.2. The van der Waals surface area contributed by atoms with E-state index in [4.69, 9.17) is 4.74 Å². The Labute approximate surface area is 104 Å². The van der Waals surface area contributed by atoms with Gasteiger partial charge in [-0.1, -0.05) is 13.3 Å². The van der Waals surface area contributed by atoms with Crippen molar-refractivity contribution in [3.8, 4) is 0 Å². The molecule has 1 unspecified atom stereocenters. The molecule has 1 N–H and O–H groups in total. The number of hydrogen-bond donors (Lipinski definition) is 1. The van der Waals surface area contributed by atoms with Crippen LogP contribution in [-0.4, -0.2) is 36.7 Å². The van der Waals surface area contributed by atoms with E-state index in [1.54, 1.807) is 0 Å². The molecule has 4 heteroatoms. The summed E-state index contributed by atoms with van der Waals surface area (Å²) in [7, 11) is 1.82. The number of likely N-dealkylation sites (N-methyl/N-ethyl adjacent to an activating group) is 1. The molecule has 1 atom stereocenters. The van der Waals surface area contributed by atoms with Crippen LogP contribution in [0.1, 0.15) is 40.0 Å². The highest BCUT2D eigenvalue weighted by molar-refractivity contribution is 7.99. The normalized spacial score (nSPS) is 14.5. The van der Waals surface area contributed by atoms with Gasteiger partial charge in [-0.15, -0.1) is 0 Å². The summed E-state index contributed by atoms with van der Waals surface area (Å²) in [6.45, 7) is 6.37. The van der Waals surface area contributed by atoms with Crippen LogP contribution in [0, 0.1) is 0 Å². The molecule has 0 heterocycles. The fourth-order valence-corrected chi connectivity index (χ4v) is 2.14. The van der Waals surface area contributed by atoms with Crippen molar-refractivity contribution in [2.24, 2.45) is 0 Å². The van der Waals surface area contributed by atoms with E-state index >= 15 is 0 Å². The second-order valence-electron chi connectivity index (χ2n) is 3.96. The molecule has 96 valence electrons. The smallest absolute Gasteiger partial charge is 0.326 e. The monoisotopic (exact) mass is 247 g/mol. The molecule has 0 aromatic rings. The Hall–Kier alpha value is -0.220. The molecule has 0 saturated heterocycles. The number of rotatable bonds is 9. The summed E-state index contributed by atoms with van der Waals surface area (Å²) < 4.78 is 5.07. The molecule has 0 rings (SSSR count). The maximum atomic E-state index is 11.7. The highest BCUT2D eigenvalue weighted by Gasteiger charge is 2.31. The number of carbonyl (C=O) groups is 1. The number of ether oxygens (including phenoxy) is 1. The van der Waals surface area contributed by atoms with Gasteiger partial charge < -0.3 is 10.1 Å². The van der Waals surface area contributed by atoms with E-state index < -0.39 is 5.54 Å². The van der Waals surface area contributed by atoms with Crippen LogP contribution in [0.4, 0.5) is 0 Å². The first-order valence-corrected chi connectivity index (χ1v) is 7.20. The van der Waals surface area contributed by atoms with Crippen LogP contribution in [-0.2, 0) is 9.53 Å². The molecule has 0 bridgehead atoms. The van der Waals surface area contributed by atoms with Crippen LogP contribution in [0.2, 0.25) is 0 Å². The SMILES string of the molecule is CCOC(=O)C(C)(CCCCSCC)NC. The topological polar surface area (TPSA) is 38.3 Å². The maximum Gasteiger partial charge on any atom is 0.326 e. The zero-order chi connectivity index (χ0) is 12.4. The summed E-state index contributed by atoms with van der Waals surface area (Å²) in [5, 5.41) is 3.07. The predicted octanol–water partition coefficient (Wildman–Crippen LogP) is 2.45. The van der Waals surface area contributed by atoms with E-state index in [9.17, 15) is 4.79 Å². The van der Waals surface area contributed by atoms with Crippen molar-refractivity contribution in [2.45, 2.75) is 45.6 Å². The summed E-state index contributed by atoms with van der Waals surface area (Å²) in [6, 6.07) is 0. The lowest BCUT2D eigenvalue weighted by molar-refractivity contribution is -0.150. The van der Waals surface area contributed by atoms with Gasteiger partial charge in [-0.2, -0.15) is 11.8 Å². The number of esters is 1. The van der Waals surface area contributed by atoms with Crippen molar-refractivity contribution >= 4 is 17.7 Å². The second kappa shape index (κ2) is 8.88. The van der Waals surface area contributed by atoms with Gasteiger partial charge in [0, 0.05) is 0 Å². The Morgan fingerprint density at radius 2 is 2.06 bits per heavy atom. The number of unbranched alkanes of at least 4 members (excludes halogenated alkanes) is 1. The van der Waals surface area contributed by atoms with Gasteiger partial charge in [-0.25, -0.2) is 0 Å². The average molecular weight is 247 g/mol. The summed E-state index contributed by atoms with van der Waals surface area (Å²) in [4.78, 5) is 11.7. The molecule has 0 amide bonds. The van der Waals surface area contributed by atoms with Gasteiger partial charge in [0.05, 0.1) is 6.61 Å². The minimum Gasteiger partial charge on any atom is -0.465 e. The molecule has 3 nitrogen and oxygen atoms in total. The highest BCUT2D eigenvalue weighted by Crippen LogP contribution is 2.16. The molecular formula is C12H25NO2S. The molecule has 0 aromatic carbocycles. The predicted molar refractivity (Wildman–Crippen MR) is 70.9 cm³/mol. The van der Waals surface area contributed by atoms with Gasteiger partial charge in [0.2, 0.25) is 0 Å². The van der Waals surface area contributed by atoms with E-state index in [1.807, 2.05) is 32.7 Å². The Kier molecular flexibility index (Phi) is 8.76. The fraction of sp³-hybridized carbons (Fsp3) is 0.917. The summed E-state index contributed by atoms with van der Waals surface area (Å²) in [6.07, 6.45) is 3.06. The third-order valence-corrected chi connectivity index (χ3v) is 3.68. The van der Waals surface area contributed by atoms with Crippen LogP contribution >= 0.6 is 11.8 Å². The van der Waals surface area contributed by atoms with Crippen molar-refractivity contribution in [2.75, 3.05) is 25.2 Å². The Morgan fingerprint density at radius 1 is 1.38 bits per heavy atom. The Morgan fingerprint density at radius 3 is 2.56 bits per heavy atom. The molecule has 0 aliphatic carbocycles. The van der Waals surface area contributed by atoms with Crippen LogP contribution in [0.15, 0.2) is 0 Å². The minimum absolute atomic E-state index is 0.138. The standard InChI is InChI=1S/C12H25NO2S/c1-5-15-11(14)12(3,13-4)9-7-8-10-16-6-2/h13H,5-10H2,1-4H3. The molecule has 0 fully saturated rings. The quantitative estimate of drug-likeness (QED) is 0.502. The van der Waals surface area contributed by atoms with E-state index in [0.29, 0.717) is 6.61 Å². The van der Waals surface area contributed by atoms with Crippen molar-refractivity contribution in [1.29, 1.82) is 0 Å². The van der Waals surface area contributed by atoms with Gasteiger partial charge >= 0.3 is 5.97 Å². The van der Waals surface area contributed by atoms with Crippen molar-refractivity contribution < 1.29 is 9.53 Å². The van der Waals surface area contributed by atoms with Crippen molar-refractivity contribution in [1.82, 2.24) is 5.32 Å². The first-order valence-electron chi connectivity index (χ1n) is 6.04. The molecule has 0 radical (unpaired) electrons. The van der Waals surface area contributed by atoms with Gasteiger partial charge in [0.15, 0.2) is 0 Å². The minimum atomic E-state index is -0.521. The zero-order valence-corrected chi connectivity index (χ0v) is 11.8. The molecule has 0 saturated carbocycles. The average Bonchev–Trinajstić information content (AvgIpc) is 2.28. The third-order valence-electron chi connectivity index (χ3n) is 2.70. The van der Waals surface area contributed by atoms with Gasteiger partial charge in [-0.05, 0) is 45.2 Å². The van der Waals surface area contributed by atoms with E-state index in [1.165, 1.54) is 11.5 Å². The van der Waals surface area contributed by atoms with Crippen molar-refractivity contribution in [3.05, 3.63) is 0 Å². The Bertz CT molecular complexity index is 199. The van der Waals surface area contributed by atoms with Crippen molar-refractivity contribution in [3.63, 3.8) is 0 Å².